The highest BCUT2D eigenvalue weighted by Gasteiger charge is 2.47. The number of carbonyl (C=O) groups excluding carboxylic acids is 2. The van der Waals surface area contributed by atoms with Gasteiger partial charge in [-0.1, -0.05) is 46.9 Å². The van der Waals surface area contributed by atoms with Crippen LogP contribution in [0.3, 0.4) is 0 Å². The van der Waals surface area contributed by atoms with E-state index in [1.807, 2.05) is 0 Å². The molecule has 4 rings (SSSR count). The second kappa shape index (κ2) is 9.06. The maximum absolute atomic E-state index is 13.6. The summed E-state index contributed by atoms with van der Waals surface area (Å²) in [6.45, 7) is 0. The molecule has 1 amide bonds. The van der Waals surface area contributed by atoms with Crippen molar-refractivity contribution >= 4 is 57.9 Å². The van der Waals surface area contributed by atoms with Crippen molar-refractivity contribution in [2.24, 2.45) is 0 Å². The van der Waals surface area contributed by atoms with Gasteiger partial charge in [0.2, 0.25) is 0 Å². The smallest absolute Gasteiger partial charge is 0.300 e. The number of Topliss-reactive ketones (excluding diaryl/α,β-unsaturated/α-hetero) is 1. The average Bonchev–Trinajstić information content (AvgIpc) is 3.04. The van der Waals surface area contributed by atoms with Gasteiger partial charge in [0.1, 0.15) is 17.3 Å². The highest BCUT2D eigenvalue weighted by atomic mass is 35.5. The van der Waals surface area contributed by atoms with Crippen molar-refractivity contribution in [1.82, 2.24) is 0 Å². The van der Waals surface area contributed by atoms with E-state index in [1.54, 1.807) is 0 Å². The van der Waals surface area contributed by atoms with Gasteiger partial charge in [0.05, 0.1) is 23.7 Å². The first-order chi connectivity index (χ1) is 15.7. The molecule has 3 aromatic carbocycles. The summed E-state index contributed by atoms with van der Waals surface area (Å²) in [5.41, 5.74) is 0.670. The first kappa shape index (κ1) is 23.1. The van der Waals surface area contributed by atoms with Gasteiger partial charge in [0.25, 0.3) is 11.7 Å². The number of ether oxygens (including phenoxy) is 1. The Morgan fingerprint density at radius 1 is 0.970 bits per heavy atom. The first-order valence-electron chi connectivity index (χ1n) is 9.57. The molecule has 9 heteroatoms. The molecular formula is C24H15Cl3FNO4. The Balaban J connectivity index is 1.97. The summed E-state index contributed by atoms with van der Waals surface area (Å²) in [7, 11) is 1.41. The number of benzene rings is 3. The largest absolute Gasteiger partial charge is 0.507 e. The van der Waals surface area contributed by atoms with Gasteiger partial charge in [-0.25, -0.2) is 4.39 Å². The number of hydrogen-bond donors (Lipinski definition) is 1. The van der Waals surface area contributed by atoms with Crippen LogP contribution in [0.25, 0.3) is 5.76 Å². The van der Waals surface area contributed by atoms with Gasteiger partial charge >= 0.3 is 0 Å². The van der Waals surface area contributed by atoms with Gasteiger partial charge < -0.3 is 9.84 Å². The predicted molar refractivity (Wildman–Crippen MR) is 126 cm³/mol. The van der Waals surface area contributed by atoms with Crippen molar-refractivity contribution in [3.05, 3.63) is 98.2 Å². The van der Waals surface area contributed by atoms with Crippen LogP contribution in [-0.4, -0.2) is 23.9 Å². The Morgan fingerprint density at radius 2 is 1.61 bits per heavy atom. The predicted octanol–water partition coefficient (Wildman–Crippen LogP) is 6.42. The molecule has 1 atom stereocenters. The molecule has 33 heavy (non-hydrogen) atoms. The van der Waals surface area contributed by atoms with Crippen molar-refractivity contribution < 1.29 is 23.8 Å². The minimum atomic E-state index is -1.07. The van der Waals surface area contributed by atoms with Crippen LogP contribution in [0.2, 0.25) is 15.1 Å². The molecule has 1 saturated heterocycles. The number of aliphatic hydroxyl groups excluding tert-OH is 1. The Morgan fingerprint density at radius 3 is 2.21 bits per heavy atom. The second-order valence-corrected chi connectivity index (χ2v) is 8.48. The Kier molecular flexibility index (Phi) is 6.34. The zero-order valence-electron chi connectivity index (χ0n) is 17.0. The Labute approximate surface area is 203 Å². The molecule has 1 N–H and O–H groups in total. The number of ketones is 1. The van der Waals surface area contributed by atoms with Crippen molar-refractivity contribution in [3.8, 4) is 5.75 Å². The van der Waals surface area contributed by atoms with Gasteiger partial charge in [-0.05, 0) is 54.1 Å². The SMILES string of the molecule is COc1cc(/C(O)=C2\C(=O)C(=O)N(c3cc(Cl)cc(Cl)c3)C2c2ccc(F)cc2)ccc1Cl. The van der Waals surface area contributed by atoms with Gasteiger partial charge in [-0.3, -0.25) is 14.5 Å². The fourth-order valence-corrected chi connectivity index (χ4v) is 4.41. The van der Waals surface area contributed by atoms with Gasteiger partial charge in [0, 0.05) is 21.3 Å². The molecule has 0 radical (unpaired) electrons. The number of rotatable bonds is 4. The molecule has 0 bridgehead atoms. The van der Waals surface area contributed by atoms with E-state index in [-0.39, 0.29) is 32.6 Å². The summed E-state index contributed by atoms with van der Waals surface area (Å²) in [6.07, 6.45) is 0. The van der Waals surface area contributed by atoms with E-state index in [4.69, 9.17) is 39.5 Å². The molecule has 168 valence electrons. The molecule has 0 aliphatic carbocycles. The van der Waals surface area contributed by atoms with Crippen LogP contribution in [0.5, 0.6) is 5.75 Å². The highest BCUT2D eigenvalue weighted by molar-refractivity contribution is 6.52. The summed E-state index contributed by atoms with van der Waals surface area (Å²) >= 11 is 18.3. The van der Waals surface area contributed by atoms with E-state index in [0.717, 1.165) is 0 Å². The monoisotopic (exact) mass is 505 g/mol. The molecule has 0 aromatic heterocycles. The topological polar surface area (TPSA) is 66.8 Å². The van der Waals surface area contributed by atoms with Crippen LogP contribution in [-0.2, 0) is 9.59 Å². The average molecular weight is 507 g/mol. The van der Waals surface area contributed by atoms with Crippen molar-refractivity contribution in [2.45, 2.75) is 6.04 Å². The van der Waals surface area contributed by atoms with Crippen LogP contribution in [0, 0.1) is 5.82 Å². The quantitative estimate of drug-likeness (QED) is 0.252. The maximum Gasteiger partial charge on any atom is 0.300 e. The minimum absolute atomic E-state index is 0.188. The summed E-state index contributed by atoms with van der Waals surface area (Å²) in [5, 5.41) is 11.9. The third kappa shape index (κ3) is 4.29. The number of aliphatic hydroxyl groups is 1. The number of carbonyl (C=O) groups is 2. The molecule has 1 heterocycles. The fourth-order valence-electron chi connectivity index (χ4n) is 3.70. The third-order valence-electron chi connectivity index (χ3n) is 5.18. The third-order valence-corrected chi connectivity index (χ3v) is 5.93. The summed E-state index contributed by atoms with van der Waals surface area (Å²) in [4.78, 5) is 27.4. The molecule has 1 unspecified atom stereocenters. The van der Waals surface area contributed by atoms with Crippen LogP contribution >= 0.6 is 34.8 Å². The zero-order valence-corrected chi connectivity index (χ0v) is 19.2. The van der Waals surface area contributed by atoms with Crippen LogP contribution in [0.4, 0.5) is 10.1 Å². The lowest BCUT2D eigenvalue weighted by Crippen LogP contribution is -2.29. The van der Waals surface area contributed by atoms with Gasteiger partial charge in [-0.2, -0.15) is 0 Å². The number of methoxy groups -OCH3 is 1. The molecule has 0 saturated carbocycles. The number of anilines is 1. The minimum Gasteiger partial charge on any atom is -0.507 e. The van der Waals surface area contributed by atoms with E-state index in [9.17, 15) is 19.1 Å². The summed E-state index contributed by atoms with van der Waals surface area (Å²) in [5.74, 6) is -2.48. The summed E-state index contributed by atoms with van der Waals surface area (Å²) < 4.78 is 18.8. The molecular weight excluding hydrogens is 492 g/mol. The van der Waals surface area contributed by atoms with Crippen molar-refractivity contribution in [2.75, 3.05) is 12.0 Å². The number of halogens is 4. The molecule has 1 fully saturated rings. The lowest BCUT2D eigenvalue weighted by molar-refractivity contribution is -0.132. The van der Waals surface area contributed by atoms with E-state index >= 15 is 0 Å². The van der Waals surface area contributed by atoms with E-state index in [1.165, 1.54) is 72.7 Å². The van der Waals surface area contributed by atoms with Crippen LogP contribution < -0.4 is 9.64 Å². The molecule has 1 aliphatic heterocycles. The zero-order chi connectivity index (χ0) is 23.9. The van der Waals surface area contributed by atoms with E-state index in [2.05, 4.69) is 0 Å². The summed E-state index contributed by atoms with van der Waals surface area (Å²) in [6, 6.07) is 13.1. The second-order valence-electron chi connectivity index (χ2n) is 7.20. The van der Waals surface area contributed by atoms with Gasteiger partial charge in [-0.15, -0.1) is 0 Å². The molecule has 3 aromatic rings. The number of amides is 1. The normalized spacial score (nSPS) is 17.5. The maximum atomic E-state index is 13.6. The standard InChI is InChI=1S/C24H15Cl3FNO4/c1-33-19-8-13(4-7-18(19)27)22(30)20-21(12-2-5-16(28)6-3-12)29(24(32)23(20)31)17-10-14(25)9-15(26)11-17/h2-11,21,30H,1H3/b22-20+. The van der Waals surface area contributed by atoms with Crippen LogP contribution in [0.15, 0.2) is 66.2 Å². The van der Waals surface area contributed by atoms with E-state index in [0.29, 0.717) is 10.6 Å². The number of nitrogens with zero attached hydrogens (tertiary/aromatic N) is 1. The molecule has 0 spiro atoms. The van der Waals surface area contributed by atoms with E-state index < -0.39 is 29.3 Å². The van der Waals surface area contributed by atoms with Gasteiger partial charge in [0.15, 0.2) is 0 Å². The molecule has 5 nitrogen and oxygen atoms in total. The fraction of sp³-hybridized carbons (Fsp3) is 0.0833. The lowest BCUT2D eigenvalue weighted by atomic mass is 9.95. The lowest BCUT2D eigenvalue weighted by Gasteiger charge is -2.26. The van der Waals surface area contributed by atoms with Crippen molar-refractivity contribution in [3.63, 3.8) is 0 Å². The number of hydrogen-bond acceptors (Lipinski definition) is 4. The Hall–Kier alpha value is -3.06. The molecule has 1 aliphatic rings. The highest BCUT2D eigenvalue weighted by Crippen LogP contribution is 2.43. The van der Waals surface area contributed by atoms with Crippen molar-refractivity contribution in [1.29, 1.82) is 0 Å². The van der Waals surface area contributed by atoms with Crippen LogP contribution in [0.1, 0.15) is 17.2 Å². The Bertz CT molecular complexity index is 1290. The first-order valence-corrected chi connectivity index (χ1v) is 10.7.